The monoisotopic (exact) mass is 509 g/mol. The first kappa shape index (κ1) is 25.1. The van der Waals surface area contributed by atoms with Gasteiger partial charge in [-0.05, 0) is 37.6 Å². The molecule has 2 aromatic rings. The van der Waals surface area contributed by atoms with Crippen LogP contribution in [0, 0.1) is 0 Å². The molecule has 0 radical (unpaired) electrons. The van der Waals surface area contributed by atoms with Crippen LogP contribution in [0.4, 0.5) is 0 Å². The van der Waals surface area contributed by atoms with E-state index in [2.05, 4.69) is 15.6 Å². The van der Waals surface area contributed by atoms with Gasteiger partial charge in [0.15, 0.2) is 0 Å². The SMILES string of the molecule is CCO[C@@H]1OC(=O)C[C@@H]1NC(=O)[C@@H]1CCCN2C(=O)CC[C@H](NCc3nccc4ccccc34)C(=O)N12. The minimum Gasteiger partial charge on any atom is -0.433 e. The molecule has 11 heteroatoms. The molecule has 0 bridgehead atoms. The minimum absolute atomic E-state index is 0.0120. The number of rotatable bonds is 7. The number of hydrogen-bond donors (Lipinski definition) is 2. The van der Waals surface area contributed by atoms with Crippen LogP contribution in [0.1, 0.15) is 44.7 Å². The largest absolute Gasteiger partial charge is 0.433 e. The zero-order valence-corrected chi connectivity index (χ0v) is 20.7. The number of ether oxygens (including phenoxy) is 2. The molecular formula is C26H31N5O6. The molecule has 196 valence electrons. The van der Waals surface area contributed by atoms with E-state index in [1.54, 1.807) is 13.1 Å². The Morgan fingerprint density at radius 1 is 1.19 bits per heavy atom. The summed E-state index contributed by atoms with van der Waals surface area (Å²) in [6, 6.07) is 7.64. The Morgan fingerprint density at radius 3 is 2.86 bits per heavy atom. The van der Waals surface area contributed by atoms with Crippen molar-refractivity contribution in [2.24, 2.45) is 0 Å². The molecule has 11 nitrogen and oxygen atoms in total. The van der Waals surface area contributed by atoms with Gasteiger partial charge in [-0.1, -0.05) is 24.3 Å². The highest BCUT2D eigenvalue weighted by Gasteiger charge is 2.46. The Labute approximate surface area is 214 Å². The van der Waals surface area contributed by atoms with Gasteiger partial charge < -0.3 is 20.1 Å². The average molecular weight is 510 g/mol. The number of fused-ring (bicyclic) bond motifs is 2. The Kier molecular flexibility index (Phi) is 7.33. The second-order valence-corrected chi connectivity index (χ2v) is 9.44. The molecule has 2 N–H and O–H groups in total. The number of carbonyl (C=O) groups is 4. The number of benzene rings is 1. The van der Waals surface area contributed by atoms with Crippen molar-refractivity contribution in [3.8, 4) is 0 Å². The van der Waals surface area contributed by atoms with Crippen molar-refractivity contribution in [2.75, 3.05) is 13.2 Å². The lowest BCUT2D eigenvalue weighted by Crippen LogP contribution is -2.64. The van der Waals surface area contributed by atoms with E-state index in [1.165, 1.54) is 10.0 Å². The third kappa shape index (κ3) is 5.14. The predicted octanol–water partition coefficient (Wildman–Crippen LogP) is 1.02. The highest BCUT2D eigenvalue weighted by Crippen LogP contribution is 2.26. The van der Waals surface area contributed by atoms with Crippen molar-refractivity contribution in [3.63, 3.8) is 0 Å². The quantitative estimate of drug-likeness (QED) is 0.529. The number of amides is 3. The number of hydrogen-bond acceptors (Lipinski definition) is 8. The van der Waals surface area contributed by atoms with Gasteiger partial charge in [0.2, 0.25) is 18.1 Å². The van der Waals surface area contributed by atoms with Crippen LogP contribution in [0.5, 0.6) is 0 Å². The van der Waals surface area contributed by atoms with Gasteiger partial charge in [0.05, 0.1) is 18.2 Å². The van der Waals surface area contributed by atoms with Gasteiger partial charge in [-0.3, -0.25) is 29.2 Å². The highest BCUT2D eigenvalue weighted by molar-refractivity contribution is 5.94. The van der Waals surface area contributed by atoms with Crippen molar-refractivity contribution >= 4 is 34.5 Å². The zero-order chi connectivity index (χ0) is 25.9. The first-order chi connectivity index (χ1) is 18.0. The molecule has 0 saturated carbocycles. The molecule has 0 unspecified atom stereocenters. The molecule has 3 fully saturated rings. The summed E-state index contributed by atoms with van der Waals surface area (Å²) in [5.41, 5.74) is 0.805. The predicted molar refractivity (Wildman–Crippen MR) is 131 cm³/mol. The Balaban J connectivity index is 1.33. The molecule has 3 aliphatic rings. The summed E-state index contributed by atoms with van der Waals surface area (Å²) >= 11 is 0. The zero-order valence-electron chi connectivity index (χ0n) is 20.7. The smallest absolute Gasteiger partial charge is 0.310 e. The van der Waals surface area contributed by atoms with Gasteiger partial charge in [-0.2, -0.15) is 0 Å². The number of cyclic esters (lactones) is 1. The van der Waals surface area contributed by atoms with Crippen LogP contribution in [-0.2, 0) is 35.2 Å². The molecule has 3 saturated heterocycles. The summed E-state index contributed by atoms with van der Waals surface area (Å²) in [6.45, 7) is 2.80. The van der Waals surface area contributed by atoms with Crippen molar-refractivity contribution in [3.05, 3.63) is 42.2 Å². The second-order valence-electron chi connectivity index (χ2n) is 9.44. The van der Waals surface area contributed by atoms with E-state index in [-0.39, 0.29) is 24.7 Å². The molecule has 0 aliphatic carbocycles. The third-order valence-corrected chi connectivity index (χ3v) is 7.06. The number of pyridine rings is 1. The summed E-state index contributed by atoms with van der Waals surface area (Å²) < 4.78 is 10.6. The van der Waals surface area contributed by atoms with Crippen molar-refractivity contribution < 1.29 is 28.7 Å². The molecule has 4 heterocycles. The van der Waals surface area contributed by atoms with E-state index in [0.29, 0.717) is 39.0 Å². The fraction of sp³-hybridized carbons (Fsp3) is 0.500. The Hall–Kier alpha value is -3.57. The molecule has 37 heavy (non-hydrogen) atoms. The minimum atomic E-state index is -0.874. The first-order valence-electron chi connectivity index (χ1n) is 12.8. The van der Waals surface area contributed by atoms with Gasteiger partial charge >= 0.3 is 5.97 Å². The normalized spacial score (nSPS) is 26.1. The summed E-state index contributed by atoms with van der Waals surface area (Å²) in [7, 11) is 0. The van der Waals surface area contributed by atoms with Gasteiger partial charge in [-0.25, -0.2) is 5.01 Å². The van der Waals surface area contributed by atoms with Gasteiger partial charge in [-0.15, -0.1) is 0 Å². The van der Waals surface area contributed by atoms with Crippen molar-refractivity contribution in [2.45, 2.75) is 70.0 Å². The second kappa shape index (κ2) is 10.8. The van der Waals surface area contributed by atoms with Crippen molar-refractivity contribution in [1.29, 1.82) is 0 Å². The Morgan fingerprint density at radius 2 is 2.03 bits per heavy atom. The van der Waals surface area contributed by atoms with Gasteiger partial charge in [0.25, 0.3) is 5.91 Å². The lowest BCUT2D eigenvalue weighted by Gasteiger charge is -2.43. The number of carbonyl (C=O) groups excluding carboxylic acids is 4. The van der Waals surface area contributed by atoms with E-state index in [1.807, 2.05) is 30.3 Å². The van der Waals surface area contributed by atoms with E-state index in [0.717, 1.165) is 16.5 Å². The topological polar surface area (TPSA) is 130 Å². The van der Waals surface area contributed by atoms with Crippen LogP contribution >= 0.6 is 0 Å². The number of nitrogens with zero attached hydrogens (tertiary/aromatic N) is 3. The molecule has 5 rings (SSSR count). The maximum absolute atomic E-state index is 13.7. The van der Waals surface area contributed by atoms with E-state index >= 15 is 0 Å². The van der Waals surface area contributed by atoms with Crippen LogP contribution in [-0.4, -0.2) is 76.3 Å². The van der Waals surface area contributed by atoms with E-state index in [4.69, 9.17) is 9.47 Å². The number of hydrazine groups is 1. The average Bonchev–Trinajstić information content (AvgIpc) is 3.19. The molecule has 0 spiro atoms. The molecule has 3 aliphatic heterocycles. The van der Waals surface area contributed by atoms with Crippen LogP contribution in [0.3, 0.4) is 0 Å². The lowest BCUT2D eigenvalue weighted by atomic mass is 10.0. The van der Waals surface area contributed by atoms with Crippen LogP contribution in [0.15, 0.2) is 36.5 Å². The molecule has 3 amide bonds. The van der Waals surface area contributed by atoms with Crippen LogP contribution in [0.2, 0.25) is 0 Å². The highest BCUT2D eigenvalue weighted by atomic mass is 16.7. The maximum Gasteiger partial charge on any atom is 0.310 e. The molecular weight excluding hydrogens is 478 g/mol. The Bertz CT molecular complexity index is 1200. The van der Waals surface area contributed by atoms with Crippen LogP contribution in [0.25, 0.3) is 10.8 Å². The fourth-order valence-corrected chi connectivity index (χ4v) is 5.25. The first-order valence-corrected chi connectivity index (χ1v) is 12.8. The third-order valence-electron chi connectivity index (χ3n) is 7.06. The van der Waals surface area contributed by atoms with Gasteiger partial charge in [0, 0.05) is 37.7 Å². The number of esters is 1. The molecule has 4 atom stereocenters. The van der Waals surface area contributed by atoms with E-state index in [9.17, 15) is 19.2 Å². The summed E-state index contributed by atoms with van der Waals surface area (Å²) in [4.78, 5) is 56.3. The molecule has 1 aromatic heterocycles. The van der Waals surface area contributed by atoms with Gasteiger partial charge in [0.1, 0.15) is 12.1 Å². The summed E-state index contributed by atoms with van der Waals surface area (Å²) in [5, 5.41) is 10.9. The van der Waals surface area contributed by atoms with Crippen molar-refractivity contribution in [1.82, 2.24) is 25.6 Å². The standard InChI is InChI=1S/C26H31N5O6/c1-2-36-26-19(14-23(33)37-26)29-24(34)21-8-5-13-30-22(32)10-9-18(25(35)31(21)30)28-15-20-17-7-4-3-6-16(17)11-12-27-20/h3-4,6-7,11-12,18-19,21,26,28H,2,5,8-10,13-15H2,1H3,(H,29,34)/t18-,19-,21-,26+/m0/s1. The van der Waals surface area contributed by atoms with Crippen LogP contribution < -0.4 is 10.6 Å². The molecule has 1 aromatic carbocycles. The summed E-state index contributed by atoms with van der Waals surface area (Å²) in [6.07, 6.45) is 2.35. The summed E-state index contributed by atoms with van der Waals surface area (Å²) in [5.74, 6) is -1.41. The fourth-order valence-electron chi connectivity index (χ4n) is 5.25. The lowest BCUT2D eigenvalue weighted by molar-refractivity contribution is -0.177. The maximum atomic E-state index is 13.7. The number of nitrogens with one attached hydrogen (secondary N) is 2. The van der Waals surface area contributed by atoms with E-state index < -0.39 is 36.3 Å². The number of aromatic nitrogens is 1.